The molecule has 112 valence electrons. The predicted molar refractivity (Wildman–Crippen MR) is 81.0 cm³/mol. The summed E-state index contributed by atoms with van der Waals surface area (Å²) in [5.41, 5.74) is 7.12. The number of sulfonamides is 1. The van der Waals surface area contributed by atoms with Crippen molar-refractivity contribution in [1.29, 1.82) is 0 Å². The molecule has 0 amide bonds. The summed E-state index contributed by atoms with van der Waals surface area (Å²) in [7, 11) is -3.41. The molecule has 2 rings (SSSR count). The van der Waals surface area contributed by atoms with Crippen LogP contribution in [0.25, 0.3) is 0 Å². The van der Waals surface area contributed by atoms with Crippen molar-refractivity contribution in [3.63, 3.8) is 0 Å². The Morgan fingerprint density at radius 2 is 1.90 bits per heavy atom. The van der Waals surface area contributed by atoms with Crippen LogP contribution < -0.4 is 5.73 Å². The van der Waals surface area contributed by atoms with Gasteiger partial charge in [-0.1, -0.05) is 32.4 Å². The summed E-state index contributed by atoms with van der Waals surface area (Å²) in [5.74, 6) is 0.313. The standard InChI is InChI=1S/C15H24N2O2S/c1-3-4-13-5-7-15(8-6-13)20(18,19)17-10-12(2)9-14(16)11-17/h5-8,12,14H,3-4,9-11,16H2,1-2H3. The van der Waals surface area contributed by atoms with Gasteiger partial charge in [0.15, 0.2) is 0 Å². The number of rotatable bonds is 4. The first-order valence-corrected chi connectivity index (χ1v) is 8.72. The molecule has 0 saturated carbocycles. The van der Waals surface area contributed by atoms with Crippen LogP contribution in [0.5, 0.6) is 0 Å². The summed E-state index contributed by atoms with van der Waals surface area (Å²) in [5, 5.41) is 0. The van der Waals surface area contributed by atoms with Crippen molar-refractivity contribution in [2.24, 2.45) is 11.7 Å². The summed E-state index contributed by atoms with van der Waals surface area (Å²) >= 11 is 0. The van der Waals surface area contributed by atoms with Gasteiger partial charge in [0.25, 0.3) is 0 Å². The monoisotopic (exact) mass is 296 g/mol. The second-order valence-electron chi connectivity index (χ2n) is 5.82. The number of aryl methyl sites for hydroxylation is 1. The number of hydrogen-bond acceptors (Lipinski definition) is 3. The minimum atomic E-state index is -3.41. The van der Waals surface area contributed by atoms with E-state index in [1.165, 1.54) is 9.87 Å². The summed E-state index contributed by atoms with van der Waals surface area (Å²) in [6.07, 6.45) is 2.93. The molecule has 1 heterocycles. The van der Waals surface area contributed by atoms with Crippen LogP contribution in [-0.4, -0.2) is 31.9 Å². The van der Waals surface area contributed by atoms with Gasteiger partial charge in [-0.25, -0.2) is 8.42 Å². The van der Waals surface area contributed by atoms with Crippen molar-refractivity contribution in [2.75, 3.05) is 13.1 Å². The Kier molecular flexibility index (Phi) is 4.83. The first-order chi connectivity index (χ1) is 9.43. The third-order valence-electron chi connectivity index (χ3n) is 3.76. The number of nitrogens with two attached hydrogens (primary N) is 1. The maximum atomic E-state index is 12.6. The molecule has 2 atom stereocenters. The summed E-state index contributed by atoms with van der Waals surface area (Å²) in [4.78, 5) is 0.374. The van der Waals surface area contributed by atoms with Gasteiger partial charge in [-0.3, -0.25) is 0 Å². The lowest BCUT2D eigenvalue weighted by atomic mass is 9.99. The van der Waals surface area contributed by atoms with Crippen LogP contribution in [0, 0.1) is 5.92 Å². The minimum absolute atomic E-state index is 0.0621. The molecule has 0 aliphatic carbocycles. The van der Waals surface area contributed by atoms with E-state index >= 15 is 0 Å². The van der Waals surface area contributed by atoms with E-state index in [4.69, 9.17) is 5.73 Å². The molecule has 2 N–H and O–H groups in total. The average Bonchev–Trinajstić information content (AvgIpc) is 2.38. The molecule has 0 spiro atoms. The summed E-state index contributed by atoms with van der Waals surface area (Å²) < 4.78 is 26.8. The fourth-order valence-corrected chi connectivity index (χ4v) is 4.43. The number of piperidine rings is 1. The molecule has 0 aromatic heterocycles. The number of benzene rings is 1. The van der Waals surface area contributed by atoms with Gasteiger partial charge >= 0.3 is 0 Å². The molecule has 2 unspecified atom stereocenters. The maximum Gasteiger partial charge on any atom is 0.243 e. The minimum Gasteiger partial charge on any atom is -0.326 e. The Bertz CT molecular complexity index is 529. The molecule has 1 fully saturated rings. The highest BCUT2D eigenvalue weighted by atomic mass is 32.2. The number of hydrogen-bond donors (Lipinski definition) is 1. The van der Waals surface area contributed by atoms with Gasteiger partial charge in [0.2, 0.25) is 10.0 Å². The zero-order valence-corrected chi connectivity index (χ0v) is 13.1. The average molecular weight is 296 g/mol. The van der Waals surface area contributed by atoms with E-state index < -0.39 is 10.0 Å². The van der Waals surface area contributed by atoms with E-state index in [2.05, 4.69) is 6.92 Å². The first kappa shape index (κ1) is 15.5. The molecule has 0 bridgehead atoms. The van der Waals surface area contributed by atoms with Gasteiger partial charge in [0.1, 0.15) is 0 Å². The smallest absolute Gasteiger partial charge is 0.243 e. The van der Waals surface area contributed by atoms with Gasteiger partial charge in [0, 0.05) is 19.1 Å². The molecule has 0 radical (unpaired) electrons. The largest absolute Gasteiger partial charge is 0.326 e. The second-order valence-corrected chi connectivity index (χ2v) is 7.75. The maximum absolute atomic E-state index is 12.6. The fourth-order valence-electron chi connectivity index (χ4n) is 2.81. The van der Waals surface area contributed by atoms with E-state index in [1.54, 1.807) is 12.1 Å². The zero-order valence-electron chi connectivity index (χ0n) is 12.2. The van der Waals surface area contributed by atoms with Crippen LogP contribution in [0.1, 0.15) is 32.3 Å². The normalized spacial score (nSPS) is 24.8. The van der Waals surface area contributed by atoms with E-state index in [-0.39, 0.29) is 6.04 Å². The predicted octanol–water partition coefficient (Wildman–Crippen LogP) is 2.00. The lowest BCUT2D eigenvalue weighted by molar-refractivity contribution is 0.254. The van der Waals surface area contributed by atoms with Crippen LogP contribution in [0.2, 0.25) is 0 Å². The lowest BCUT2D eigenvalue weighted by Crippen LogP contribution is -2.48. The highest BCUT2D eigenvalue weighted by molar-refractivity contribution is 7.89. The molecule has 1 aliphatic heterocycles. The quantitative estimate of drug-likeness (QED) is 0.924. The van der Waals surface area contributed by atoms with E-state index in [1.807, 2.05) is 19.1 Å². The SMILES string of the molecule is CCCc1ccc(S(=O)(=O)N2CC(C)CC(N)C2)cc1. The van der Waals surface area contributed by atoms with Crippen LogP contribution in [0.15, 0.2) is 29.2 Å². The second kappa shape index (κ2) is 6.24. The Hall–Kier alpha value is -0.910. The Balaban J connectivity index is 2.21. The summed E-state index contributed by atoms with van der Waals surface area (Å²) in [6, 6.07) is 7.18. The Labute approximate surface area is 122 Å². The highest BCUT2D eigenvalue weighted by Crippen LogP contribution is 2.23. The molecule has 5 heteroatoms. The Morgan fingerprint density at radius 1 is 1.25 bits per heavy atom. The third kappa shape index (κ3) is 3.40. The molecular formula is C15H24N2O2S. The van der Waals surface area contributed by atoms with Gasteiger partial charge in [-0.2, -0.15) is 4.31 Å². The van der Waals surface area contributed by atoms with Gasteiger partial charge in [-0.15, -0.1) is 0 Å². The highest BCUT2D eigenvalue weighted by Gasteiger charge is 2.31. The molecule has 20 heavy (non-hydrogen) atoms. The topological polar surface area (TPSA) is 63.4 Å². The Morgan fingerprint density at radius 3 is 2.45 bits per heavy atom. The fraction of sp³-hybridized carbons (Fsp3) is 0.600. The molecule has 1 saturated heterocycles. The number of nitrogens with zero attached hydrogens (tertiary/aromatic N) is 1. The van der Waals surface area contributed by atoms with Crippen LogP contribution in [0.3, 0.4) is 0 Å². The van der Waals surface area contributed by atoms with Crippen molar-refractivity contribution in [2.45, 2.75) is 44.0 Å². The van der Waals surface area contributed by atoms with E-state index in [0.717, 1.165) is 19.3 Å². The van der Waals surface area contributed by atoms with E-state index in [9.17, 15) is 8.42 Å². The van der Waals surface area contributed by atoms with Crippen LogP contribution >= 0.6 is 0 Å². The van der Waals surface area contributed by atoms with Crippen LogP contribution in [-0.2, 0) is 16.4 Å². The van der Waals surface area contributed by atoms with Crippen molar-refractivity contribution in [3.8, 4) is 0 Å². The lowest BCUT2D eigenvalue weighted by Gasteiger charge is -2.33. The van der Waals surface area contributed by atoms with Crippen LogP contribution in [0.4, 0.5) is 0 Å². The molecular weight excluding hydrogens is 272 g/mol. The zero-order chi connectivity index (χ0) is 14.8. The first-order valence-electron chi connectivity index (χ1n) is 7.28. The molecule has 4 nitrogen and oxygen atoms in total. The van der Waals surface area contributed by atoms with Crippen molar-refractivity contribution in [1.82, 2.24) is 4.31 Å². The summed E-state index contributed by atoms with van der Waals surface area (Å²) in [6.45, 7) is 5.14. The molecule has 1 aromatic rings. The van der Waals surface area contributed by atoms with Gasteiger partial charge in [0.05, 0.1) is 4.90 Å². The molecule has 1 aromatic carbocycles. The van der Waals surface area contributed by atoms with Gasteiger partial charge < -0.3 is 5.73 Å². The van der Waals surface area contributed by atoms with Crippen molar-refractivity contribution in [3.05, 3.63) is 29.8 Å². The molecule has 1 aliphatic rings. The van der Waals surface area contributed by atoms with Crippen molar-refractivity contribution < 1.29 is 8.42 Å². The third-order valence-corrected chi connectivity index (χ3v) is 5.60. The van der Waals surface area contributed by atoms with E-state index in [0.29, 0.717) is 23.9 Å². The van der Waals surface area contributed by atoms with Gasteiger partial charge in [-0.05, 0) is 36.5 Å². The van der Waals surface area contributed by atoms with Crippen molar-refractivity contribution >= 4 is 10.0 Å².